The van der Waals surface area contributed by atoms with Gasteiger partial charge in [-0.3, -0.25) is 0 Å². The summed E-state index contributed by atoms with van der Waals surface area (Å²) in [6.45, 7) is -5.74. The highest BCUT2D eigenvalue weighted by atomic mass is 16.8. The predicted octanol–water partition coefficient (Wildman–Crippen LogP) is -14.1. The Kier molecular flexibility index (Phi) is 20.6. The zero-order valence-corrected chi connectivity index (χ0v) is 35.2. The molecule has 30 nitrogen and oxygen atoms in total. The largest absolute Gasteiger partial charge is 0.394 e. The van der Waals surface area contributed by atoms with E-state index in [1.807, 2.05) is 0 Å². The highest BCUT2D eigenvalue weighted by Gasteiger charge is 2.56. The molecule has 30 heteroatoms. The van der Waals surface area contributed by atoms with Crippen molar-refractivity contribution in [3.8, 4) is 0 Å². The van der Waals surface area contributed by atoms with Crippen LogP contribution >= 0.6 is 0 Å². The lowest BCUT2D eigenvalue weighted by Crippen LogP contribution is -2.67. The number of hydrogen-bond acceptors (Lipinski definition) is 30. The Morgan fingerprint density at radius 1 is 0.507 bits per heavy atom. The molecule has 4 aliphatic heterocycles. The van der Waals surface area contributed by atoms with Crippen molar-refractivity contribution in [2.75, 3.05) is 39.6 Å². The topological polar surface area (TPSA) is 508 Å². The van der Waals surface area contributed by atoms with Gasteiger partial charge in [0.15, 0.2) is 31.4 Å². The van der Waals surface area contributed by atoms with Gasteiger partial charge in [0.2, 0.25) is 0 Å². The molecule has 28 unspecified atom stereocenters. The Labute approximate surface area is 379 Å². The first-order valence-electron chi connectivity index (χ1n) is 21.1. The molecule has 0 spiro atoms. The summed E-state index contributed by atoms with van der Waals surface area (Å²) in [6, 6.07) is -3.15. The van der Waals surface area contributed by atoms with Crippen molar-refractivity contribution in [2.45, 2.75) is 172 Å². The Bertz CT molecular complexity index is 1550. The first kappa shape index (κ1) is 56.2. The number of carbonyl (C=O) groups excluding carboxylic acids is 1. The molecule has 5 rings (SSSR count). The third-order valence-corrected chi connectivity index (χ3v) is 12.3. The summed E-state index contributed by atoms with van der Waals surface area (Å²) in [7, 11) is 0. The number of aliphatic hydroxyl groups excluding tert-OH is 20. The van der Waals surface area contributed by atoms with Crippen molar-refractivity contribution in [1.29, 1.82) is 0 Å². The van der Waals surface area contributed by atoms with Crippen LogP contribution in [0.5, 0.6) is 0 Å². The summed E-state index contributed by atoms with van der Waals surface area (Å²) in [5.74, 6) is 0. The maximum atomic E-state index is 11.2. The first-order valence-corrected chi connectivity index (χ1v) is 21.1. The van der Waals surface area contributed by atoms with E-state index in [1.54, 1.807) is 0 Å². The third-order valence-electron chi connectivity index (χ3n) is 12.3. The summed E-state index contributed by atoms with van der Waals surface area (Å²) in [6.07, 6.45) is -48.7. The average molecular weight is 986 g/mol. The van der Waals surface area contributed by atoms with Crippen molar-refractivity contribution in [3.05, 3.63) is 11.6 Å². The second kappa shape index (κ2) is 24.6. The van der Waals surface area contributed by atoms with Crippen LogP contribution < -0.4 is 5.32 Å². The van der Waals surface area contributed by atoms with Crippen LogP contribution in [0.4, 0.5) is 0 Å². The molecule has 0 aromatic heterocycles. The molecule has 0 saturated carbocycles. The number of aliphatic hydroxyl groups is 20. The normalized spacial score (nSPS) is 47.1. The van der Waals surface area contributed by atoms with Gasteiger partial charge in [-0.2, -0.15) is 0 Å². The van der Waals surface area contributed by atoms with Crippen molar-refractivity contribution in [1.82, 2.24) is 5.32 Å². The lowest BCUT2D eigenvalue weighted by molar-refractivity contribution is -0.389. The molecule has 5 aliphatic rings. The molecule has 28 atom stereocenters. The summed E-state index contributed by atoms with van der Waals surface area (Å²) in [5.41, 5.74) is -0.226. The van der Waals surface area contributed by atoms with Gasteiger partial charge >= 0.3 is 0 Å². The van der Waals surface area contributed by atoms with E-state index in [0.717, 1.165) is 6.08 Å². The van der Waals surface area contributed by atoms with Crippen LogP contribution in [0.2, 0.25) is 0 Å². The summed E-state index contributed by atoms with van der Waals surface area (Å²) in [5, 5.41) is 212. The summed E-state index contributed by atoms with van der Waals surface area (Å²) < 4.78 is 44.5. The van der Waals surface area contributed by atoms with Gasteiger partial charge in [-0.25, -0.2) is 0 Å². The van der Waals surface area contributed by atoms with Gasteiger partial charge in [-0.1, -0.05) is 6.08 Å². The fraction of sp³-hybridized carbons (Fsp3) is 0.919. The fourth-order valence-corrected chi connectivity index (χ4v) is 8.35. The molecule has 1 aliphatic carbocycles. The van der Waals surface area contributed by atoms with Crippen LogP contribution in [0, 0.1) is 0 Å². The molecule has 21 N–H and O–H groups in total. The minimum absolute atomic E-state index is 0.0588. The van der Waals surface area contributed by atoms with E-state index in [1.165, 1.54) is 0 Å². The quantitative estimate of drug-likeness (QED) is 0.0398. The lowest BCUT2D eigenvalue weighted by Gasteiger charge is -2.49. The minimum Gasteiger partial charge on any atom is -0.394 e. The van der Waals surface area contributed by atoms with Crippen LogP contribution in [-0.4, -0.2) is 320 Å². The van der Waals surface area contributed by atoms with Crippen molar-refractivity contribution < 1.29 is 145 Å². The van der Waals surface area contributed by atoms with Crippen molar-refractivity contribution >= 4 is 6.29 Å². The molecule has 4 saturated heterocycles. The van der Waals surface area contributed by atoms with Gasteiger partial charge in [0.1, 0.15) is 128 Å². The Morgan fingerprint density at radius 2 is 0.896 bits per heavy atom. The Hall–Kier alpha value is -1.75. The highest BCUT2D eigenvalue weighted by molar-refractivity contribution is 5.56. The number of rotatable bonds is 20. The second-order valence-electron chi connectivity index (χ2n) is 16.6. The smallest absolute Gasteiger partial charge is 0.187 e. The molecule has 67 heavy (non-hydrogen) atoms. The van der Waals surface area contributed by atoms with E-state index >= 15 is 0 Å². The lowest BCUT2D eigenvalue weighted by atomic mass is 9.86. The molecule has 4 heterocycles. The zero-order chi connectivity index (χ0) is 49.8. The number of aldehydes is 1. The Balaban J connectivity index is 1.23. The number of hydrogen-bond donors (Lipinski definition) is 21. The summed E-state index contributed by atoms with van der Waals surface area (Å²) in [4.78, 5) is 11.1. The van der Waals surface area contributed by atoms with Crippen LogP contribution in [0.3, 0.4) is 0 Å². The molecule has 0 aromatic carbocycles. The standard InChI is InChI=1S/C37H63NO29/c39-2-9-1-10(38-17(11(46)3-40)19(49)12(47)4-41)18(48)22(52)30(9)64-35-27(57)23(53)32(14(6-43)61-35)66-37-29(59)25(55)33(16(8-45)63-37)67-36-28(58)24(54)31(15(7-44)62-36)65-34-26(56)21(51)20(50)13(5-42)60-34/h1,4,10-40,42-59H,2-3,5-8H2. The molecule has 0 amide bonds. The monoisotopic (exact) mass is 985 g/mol. The van der Waals surface area contributed by atoms with Gasteiger partial charge in [0, 0.05) is 0 Å². The Morgan fingerprint density at radius 3 is 1.27 bits per heavy atom. The maximum absolute atomic E-state index is 11.2. The SMILES string of the molecule is O=CC(O)C(O)C(NC1C=C(CO)C(OC2OC(CO)C(OC3OC(CO)C(OC4OC(CO)C(OC5OC(CO)C(O)C(O)C5O)C(O)C4O)C(O)C3O)C(O)C2O)C(O)C1O)C(O)CO. The first-order chi connectivity index (χ1) is 31.7. The average Bonchev–Trinajstić information content (AvgIpc) is 3.33. The van der Waals surface area contributed by atoms with E-state index in [-0.39, 0.29) is 11.9 Å². The van der Waals surface area contributed by atoms with Gasteiger partial charge in [0.05, 0.1) is 57.8 Å². The minimum atomic E-state index is -2.18. The van der Waals surface area contributed by atoms with Crippen LogP contribution in [0.1, 0.15) is 0 Å². The molecule has 390 valence electrons. The number of carbonyl (C=O) groups is 1. The molecular weight excluding hydrogens is 922 g/mol. The van der Waals surface area contributed by atoms with Crippen LogP contribution in [0.25, 0.3) is 0 Å². The number of nitrogens with one attached hydrogen (secondary N) is 1. The van der Waals surface area contributed by atoms with Gasteiger partial charge in [0.25, 0.3) is 0 Å². The van der Waals surface area contributed by atoms with Crippen molar-refractivity contribution in [2.24, 2.45) is 0 Å². The molecule has 4 fully saturated rings. The van der Waals surface area contributed by atoms with Gasteiger partial charge in [-0.05, 0) is 5.57 Å². The van der Waals surface area contributed by atoms with Crippen molar-refractivity contribution in [3.63, 3.8) is 0 Å². The van der Waals surface area contributed by atoms with Gasteiger partial charge in [-0.15, -0.1) is 0 Å². The van der Waals surface area contributed by atoms with Crippen LogP contribution in [0.15, 0.2) is 11.6 Å². The molecule has 0 aromatic rings. The summed E-state index contributed by atoms with van der Waals surface area (Å²) >= 11 is 0. The molecule has 0 bridgehead atoms. The zero-order valence-electron chi connectivity index (χ0n) is 35.2. The van der Waals surface area contributed by atoms with E-state index in [0.29, 0.717) is 0 Å². The van der Waals surface area contributed by atoms with E-state index in [2.05, 4.69) is 5.32 Å². The predicted molar refractivity (Wildman–Crippen MR) is 206 cm³/mol. The second-order valence-corrected chi connectivity index (χ2v) is 16.6. The van der Waals surface area contributed by atoms with E-state index in [9.17, 15) is 107 Å². The fourth-order valence-electron chi connectivity index (χ4n) is 8.35. The van der Waals surface area contributed by atoms with E-state index in [4.69, 9.17) is 37.9 Å². The highest BCUT2D eigenvalue weighted by Crippen LogP contribution is 2.36. The van der Waals surface area contributed by atoms with Gasteiger partial charge < -0.3 is 150 Å². The van der Waals surface area contributed by atoms with Crippen LogP contribution in [-0.2, 0) is 42.7 Å². The molecular formula is C37H63NO29. The third kappa shape index (κ3) is 12.0. The van der Waals surface area contributed by atoms with E-state index < -0.39 is 211 Å². The maximum Gasteiger partial charge on any atom is 0.187 e. The number of ether oxygens (including phenoxy) is 8. The molecule has 0 radical (unpaired) electrons.